The van der Waals surface area contributed by atoms with E-state index in [9.17, 15) is 0 Å². The third-order valence-corrected chi connectivity index (χ3v) is 4.73. The molecule has 1 aromatic carbocycles. The molecular formula is C21H35NO2. The van der Waals surface area contributed by atoms with Gasteiger partial charge in [-0.2, -0.15) is 0 Å². The summed E-state index contributed by atoms with van der Waals surface area (Å²) in [7, 11) is 0. The molecule has 1 aliphatic rings. The van der Waals surface area contributed by atoms with Crippen LogP contribution in [-0.2, 0) is 11.2 Å². The lowest BCUT2D eigenvalue weighted by molar-refractivity contribution is 0.0168. The molecule has 1 heterocycles. The molecule has 136 valence electrons. The normalized spacial score (nSPS) is 15.5. The summed E-state index contributed by atoms with van der Waals surface area (Å²) in [4.78, 5) is 0. The van der Waals surface area contributed by atoms with Crippen LogP contribution in [0, 0.1) is 0 Å². The summed E-state index contributed by atoms with van der Waals surface area (Å²) in [5.74, 6) is 0.954. The Morgan fingerprint density at radius 2 is 1.62 bits per heavy atom. The van der Waals surface area contributed by atoms with Crippen molar-refractivity contribution >= 4 is 0 Å². The minimum atomic E-state index is 0.412. The molecule has 0 bridgehead atoms. The van der Waals surface area contributed by atoms with Crippen molar-refractivity contribution in [2.75, 3.05) is 26.3 Å². The second-order valence-corrected chi connectivity index (χ2v) is 6.83. The van der Waals surface area contributed by atoms with Crippen LogP contribution >= 0.6 is 0 Å². The molecule has 0 aromatic heterocycles. The van der Waals surface area contributed by atoms with Gasteiger partial charge >= 0.3 is 0 Å². The fraction of sp³-hybridized carbons (Fsp3) is 0.714. The third-order valence-electron chi connectivity index (χ3n) is 4.73. The zero-order chi connectivity index (χ0) is 16.9. The van der Waals surface area contributed by atoms with E-state index < -0.39 is 0 Å². The fourth-order valence-corrected chi connectivity index (χ4v) is 3.20. The Morgan fingerprint density at radius 1 is 0.917 bits per heavy atom. The molecule has 3 heteroatoms. The highest BCUT2D eigenvalue weighted by Gasteiger charge is 2.12. The maximum absolute atomic E-state index is 5.86. The first-order chi connectivity index (χ1) is 11.9. The molecular weight excluding hydrogens is 298 g/mol. The van der Waals surface area contributed by atoms with Crippen molar-refractivity contribution in [3.63, 3.8) is 0 Å². The lowest BCUT2D eigenvalue weighted by Gasteiger charge is -2.22. The Labute approximate surface area is 148 Å². The number of aryl methyl sites for hydroxylation is 1. The summed E-state index contributed by atoms with van der Waals surface area (Å²) in [5, 5.41) is 3.35. The smallest absolute Gasteiger partial charge is 0.119 e. The van der Waals surface area contributed by atoms with Crippen LogP contribution in [0.3, 0.4) is 0 Å². The van der Waals surface area contributed by atoms with E-state index in [1.54, 1.807) is 0 Å². The van der Waals surface area contributed by atoms with Crippen LogP contribution in [0.25, 0.3) is 0 Å². The molecule has 0 radical (unpaired) electrons. The molecule has 1 saturated heterocycles. The van der Waals surface area contributed by atoms with Crippen molar-refractivity contribution in [2.24, 2.45) is 0 Å². The van der Waals surface area contributed by atoms with Gasteiger partial charge < -0.3 is 14.8 Å². The number of benzene rings is 1. The summed E-state index contributed by atoms with van der Waals surface area (Å²) in [5.41, 5.74) is 1.42. The van der Waals surface area contributed by atoms with Crippen LogP contribution in [-0.4, -0.2) is 32.4 Å². The van der Waals surface area contributed by atoms with E-state index in [4.69, 9.17) is 9.47 Å². The molecule has 1 aliphatic heterocycles. The summed E-state index contributed by atoms with van der Waals surface area (Å²) < 4.78 is 11.6. The summed E-state index contributed by atoms with van der Waals surface area (Å²) in [6, 6.07) is 8.60. The van der Waals surface area contributed by atoms with Crippen molar-refractivity contribution in [3.05, 3.63) is 29.8 Å². The molecule has 3 nitrogen and oxygen atoms in total. The first kappa shape index (κ1) is 19.3. The van der Waals surface area contributed by atoms with Gasteiger partial charge in [-0.15, -0.1) is 0 Å². The standard InChI is InChI=1S/C21H35NO2/c1-2-3-4-5-6-7-8-19-9-11-20(12-10-19)23-17-18-24-21-13-15-22-16-14-21/h9-12,21-22H,2-8,13-18H2,1H3. The molecule has 1 aromatic rings. The quantitative estimate of drug-likeness (QED) is 0.561. The van der Waals surface area contributed by atoms with Gasteiger partial charge in [0.1, 0.15) is 12.4 Å². The van der Waals surface area contributed by atoms with Gasteiger partial charge in [0, 0.05) is 0 Å². The molecule has 0 amide bonds. The molecule has 0 spiro atoms. The number of piperidine rings is 1. The summed E-state index contributed by atoms with van der Waals surface area (Å²) >= 11 is 0. The van der Waals surface area contributed by atoms with Crippen molar-refractivity contribution in [3.8, 4) is 5.75 Å². The second kappa shape index (κ2) is 12.3. The van der Waals surface area contributed by atoms with E-state index in [0.717, 1.165) is 31.7 Å². The third kappa shape index (κ3) is 8.16. The minimum absolute atomic E-state index is 0.412. The van der Waals surface area contributed by atoms with Gasteiger partial charge in [-0.05, 0) is 56.5 Å². The lowest BCUT2D eigenvalue weighted by Crippen LogP contribution is -2.33. The molecule has 0 saturated carbocycles. The predicted octanol–water partition coefficient (Wildman–Crippen LogP) is 4.74. The second-order valence-electron chi connectivity index (χ2n) is 6.83. The van der Waals surface area contributed by atoms with E-state index in [-0.39, 0.29) is 0 Å². The van der Waals surface area contributed by atoms with Crippen LogP contribution in [0.5, 0.6) is 5.75 Å². The summed E-state index contributed by atoms with van der Waals surface area (Å²) in [6.45, 7) is 5.74. The maximum Gasteiger partial charge on any atom is 0.119 e. The number of nitrogens with one attached hydrogen (secondary N) is 1. The Balaban J connectivity index is 1.53. The summed E-state index contributed by atoms with van der Waals surface area (Å²) in [6.07, 6.45) is 12.0. The van der Waals surface area contributed by atoms with Crippen LogP contribution in [0.4, 0.5) is 0 Å². The average Bonchev–Trinajstić information content (AvgIpc) is 2.64. The molecule has 2 rings (SSSR count). The van der Waals surface area contributed by atoms with Gasteiger partial charge in [-0.3, -0.25) is 0 Å². The molecule has 0 atom stereocenters. The Morgan fingerprint density at radius 3 is 2.38 bits per heavy atom. The van der Waals surface area contributed by atoms with Crippen molar-refractivity contribution in [1.82, 2.24) is 5.32 Å². The molecule has 1 N–H and O–H groups in total. The Bertz CT molecular complexity index is 412. The largest absolute Gasteiger partial charge is 0.491 e. The number of rotatable bonds is 12. The minimum Gasteiger partial charge on any atom is -0.491 e. The van der Waals surface area contributed by atoms with E-state index >= 15 is 0 Å². The van der Waals surface area contributed by atoms with Crippen molar-refractivity contribution < 1.29 is 9.47 Å². The number of hydrogen-bond donors (Lipinski definition) is 1. The Hall–Kier alpha value is -1.06. The van der Waals surface area contributed by atoms with Gasteiger partial charge in [0.25, 0.3) is 0 Å². The van der Waals surface area contributed by atoms with E-state index in [1.807, 2.05) is 0 Å². The lowest BCUT2D eigenvalue weighted by atomic mass is 10.0. The van der Waals surface area contributed by atoms with Crippen LogP contribution in [0.2, 0.25) is 0 Å². The first-order valence-corrected chi connectivity index (χ1v) is 9.92. The van der Waals surface area contributed by atoms with Crippen molar-refractivity contribution in [2.45, 2.75) is 70.8 Å². The first-order valence-electron chi connectivity index (χ1n) is 9.92. The molecule has 0 unspecified atom stereocenters. The number of unbranched alkanes of at least 4 members (excludes halogenated alkanes) is 5. The van der Waals surface area contributed by atoms with E-state index in [1.165, 1.54) is 50.5 Å². The predicted molar refractivity (Wildman–Crippen MR) is 101 cm³/mol. The molecule has 0 aliphatic carbocycles. The van der Waals surface area contributed by atoms with Gasteiger partial charge in [0.2, 0.25) is 0 Å². The zero-order valence-electron chi connectivity index (χ0n) is 15.4. The molecule has 1 fully saturated rings. The van der Waals surface area contributed by atoms with E-state index in [0.29, 0.717) is 19.3 Å². The number of hydrogen-bond acceptors (Lipinski definition) is 3. The highest BCUT2D eigenvalue weighted by molar-refractivity contribution is 5.27. The van der Waals surface area contributed by atoms with Gasteiger partial charge in [0.05, 0.1) is 12.7 Å². The highest BCUT2D eigenvalue weighted by atomic mass is 16.5. The topological polar surface area (TPSA) is 30.5 Å². The van der Waals surface area contributed by atoms with E-state index in [2.05, 4.69) is 36.5 Å². The number of ether oxygens (including phenoxy) is 2. The Kier molecular flexibility index (Phi) is 9.89. The fourth-order valence-electron chi connectivity index (χ4n) is 3.20. The SMILES string of the molecule is CCCCCCCCc1ccc(OCCOC2CCNCC2)cc1. The monoisotopic (exact) mass is 333 g/mol. The zero-order valence-corrected chi connectivity index (χ0v) is 15.4. The molecule has 24 heavy (non-hydrogen) atoms. The van der Waals surface area contributed by atoms with Crippen molar-refractivity contribution in [1.29, 1.82) is 0 Å². The van der Waals surface area contributed by atoms with Gasteiger partial charge in [0.15, 0.2) is 0 Å². The maximum atomic E-state index is 5.86. The van der Waals surface area contributed by atoms with Gasteiger partial charge in [-0.25, -0.2) is 0 Å². The average molecular weight is 334 g/mol. The van der Waals surface area contributed by atoms with Crippen LogP contribution in [0.1, 0.15) is 63.9 Å². The van der Waals surface area contributed by atoms with Crippen LogP contribution < -0.4 is 10.1 Å². The van der Waals surface area contributed by atoms with Crippen LogP contribution in [0.15, 0.2) is 24.3 Å². The highest BCUT2D eigenvalue weighted by Crippen LogP contribution is 2.15. The van der Waals surface area contributed by atoms with Gasteiger partial charge in [-0.1, -0.05) is 51.2 Å².